The van der Waals surface area contributed by atoms with Crippen molar-refractivity contribution < 1.29 is 0 Å². The third kappa shape index (κ3) is 3.15. The highest BCUT2D eigenvalue weighted by Crippen LogP contribution is 2.14. The maximum absolute atomic E-state index is 3.50. The van der Waals surface area contributed by atoms with Crippen LogP contribution in [0, 0.1) is 0 Å². The van der Waals surface area contributed by atoms with E-state index in [-0.39, 0.29) is 0 Å². The molecule has 0 bridgehead atoms. The van der Waals surface area contributed by atoms with E-state index >= 15 is 0 Å². The molecule has 0 saturated carbocycles. The lowest BCUT2D eigenvalue weighted by atomic mass is 10.0. The fourth-order valence-electron chi connectivity index (χ4n) is 1.56. The highest BCUT2D eigenvalue weighted by molar-refractivity contribution is 5.25. The molecule has 0 fully saturated rings. The Bertz CT molecular complexity index is 268. The Morgan fingerprint density at radius 2 is 2.07 bits per heavy atom. The van der Waals surface area contributed by atoms with Gasteiger partial charge in [-0.05, 0) is 37.4 Å². The molecule has 0 aromatic heterocycles. The minimum atomic E-state index is 0.474. The normalized spacial score (nSPS) is 12.8. The minimum Gasteiger partial charge on any atom is -0.310 e. The first kappa shape index (κ1) is 11.3. The summed E-state index contributed by atoms with van der Waals surface area (Å²) in [5.74, 6) is 0. The Labute approximate surface area is 87.5 Å². The Morgan fingerprint density at radius 1 is 1.29 bits per heavy atom. The van der Waals surface area contributed by atoms with Crippen LogP contribution in [-0.4, -0.2) is 6.54 Å². The van der Waals surface area contributed by atoms with Crippen molar-refractivity contribution >= 4 is 0 Å². The van der Waals surface area contributed by atoms with Gasteiger partial charge in [0.2, 0.25) is 0 Å². The lowest BCUT2D eigenvalue weighted by Gasteiger charge is -2.14. The van der Waals surface area contributed by atoms with Crippen LogP contribution in [0.5, 0.6) is 0 Å². The van der Waals surface area contributed by atoms with Crippen LogP contribution in [-0.2, 0) is 6.42 Å². The van der Waals surface area contributed by atoms with E-state index in [1.165, 1.54) is 17.5 Å². The van der Waals surface area contributed by atoms with Crippen LogP contribution >= 0.6 is 0 Å². The first-order valence-electron chi connectivity index (χ1n) is 5.60. The molecule has 1 rings (SSSR count). The van der Waals surface area contributed by atoms with Gasteiger partial charge in [0.25, 0.3) is 0 Å². The van der Waals surface area contributed by atoms with Gasteiger partial charge in [-0.25, -0.2) is 0 Å². The monoisotopic (exact) mass is 191 g/mol. The molecule has 1 N–H and O–H groups in total. The molecule has 0 aliphatic carbocycles. The molecule has 0 radical (unpaired) electrons. The Kier molecular flexibility index (Phi) is 4.68. The lowest BCUT2D eigenvalue weighted by molar-refractivity contribution is 0.570. The molecule has 0 saturated heterocycles. The van der Waals surface area contributed by atoms with Crippen LogP contribution in [0.1, 0.15) is 44.4 Å². The highest BCUT2D eigenvalue weighted by Gasteiger charge is 2.03. The molecule has 78 valence electrons. The summed E-state index contributed by atoms with van der Waals surface area (Å²) >= 11 is 0. The van der Waals surface area contributed by atoms with Crippen molar-refractivity contribution in [3.8, 4) is 0 Å². The number of hydrogen-bond acceptors (Lipinski definition) is 1. The van der Waals surface area contributed by atoms with Crippen LogP contribution in [0.3, 0.4) is 0 Å². The van der Waals surface area contributed by atoms with E-state index in [9.17, 15) is 0 Å². The lowest BCUT2D eigenvalue weighted by Crippen LogP contribution is -2.19. The highest BCUT2D eigenvalue weighted by atomic mass is 14.9. The first-order chi connectivity index (χ1) is 6.77. The molecule has 1 nitrogen and oxygen atoms in total. The van der Waals surface area contributed by atoms with Gasteiger partial charge in [0.1, 0.15) is 0 Å². The van der Waals surface area contributed by atoms with Crippen molar-refractivity contribution in [1.29, 1.82) is 0 Å². The predicted molar refractivity (Wildman–Crippen MR) is 62.5 cm³/mol. The average molecular weight is 191 g/mol. The smallest absolute Gasteiger partial charge is 0.0291 e. The maximum Gasteiger partial charge on any atom is 0.0291 e. The maximum atomic E-state index is 3.50. The van der Waals surface area contributed by atoms with Crippen molar-refractivity contribution in [3.63, 3.8) is 0 Å². The second-order valence-electron chi connectivity index (χ2n) is 3.77. The van der Waals surface area contributed by atoms with E-state index in [1.807, 2.05) is 0 Å². The summed E-state index contributed by atoms with van der Waals surface area (Å²) in [5.41, 5.74) is 2.82. The topological polar surface area (TPSA) is 12.0 Å². The van der Waals surface area contributed by atoms with Gasteiger partial charge in [-0.2, -0.15) is 0 Å². The molecular formula is C13H21N. The molecule has 0 aliphatic rings. The number of rotatable bonds is 5. The standard InChI is InChI=1S/C13H21N/c1-4-9-14-11(3)13-8-6-7-12(5-2)10-13/h6-8,10-11,14H,4-5,9H2,1-3H3. The molecule has 1 heteroatoms. The minimum absolute atomic E-state index is 0.474. The molecule has 0 spiro atoms. The second-order valence-corrected chi connectivity index (χ2v) is 3.77. The van der Waals surface area contributed by atoms with E-state index in [2.05, 4.69) is 50.4 Å². The van der Waals surface area contributed by atoms with Gasteiger partial charge in [-0.15, -0.1) is 0 Å². The van der Waals surface area contributed by atoms with Gasteiger partial charge < -0.3 is 5.32 Å². The number of benzene rings is 1. The Morgan fingerprint density at radius 3 is 2.71 bits per heavy atom. The first-order valence-corrected chi connectivity index (χ1v) is 5.60. The molecule has 1 aromatic carbocycles. The van der Waals surface area contributed by atoms with E-state index in [0.717, 1.165) is 13.0 Å². The fraction of sp³-hybridized carbons (Fsp3) is 0.538. The summed E-state index contributed by atoms with van der Waals surface area (Å²) in [4.78, 5) is 0. The van der Waals surface area contributed by atoms with Crippen LogP contribution in [0.25, 0.3) is 0 Å². The van der Waals surface area contributed by atoms with Crippen molar-refractivity contribution in [2.45, 2.75) is 39.7 Å². The second kappa shape index (κ2) is 5.82. The zero-order valence-corrected chi connectivity index (χ0v) is 9.51. The molecular weight excluding hydrogens is 170 g/mol. The SMILES string of the molecule is CCCNC(C)c1cccc(CC)c1. The van der Waals surface area contributed by atoms with Crippen molar-refractivity contribution in [2.24, 2.45) is 0 Å². The van der Waals surface area contributed by atoms with Crippen LogP contribution in [0.2, 0.25) is 0 Å². The average Bonchev–Trinajstić information content (AvgIpc) is 2.26. The quantitative estimate of drug-likeness (QED) is 0.753. The van der Waals surface area contributed by atoms with Crippen molar-refractivity contribution in [3.05, 3.63) is 35.4 Å². The fourth-order valence-corrected chi connectivity index (χ4v) is 1.56. The predicted octanol–water partition coefficient (Wildman–Crippen LogP) is 3.31. The molecule has 1 atom stereocenters. The van der Waals surface area contributed by atoms with Crippen molar-refractivity contribution in [1.82, 2.24) is 5.32 Å². The summed E-state index contributed by atoms with van der Waals surface area (Å²) in [6.45, 7) is 7.72. The third-order valence-electron chi connectivity index (χ3n) is 2.56. The summed E-state index contributed by atoms with van der Waals surface area (Å²) in [6.07, 6.45) is 2.31. The van der Waals surface area contributed by atoms with Gasteiger partial charge in [-0.3, -0.25) is 0 Å². The molecule has 0 aliphatic heterocycles. The van der Waals surface area contributed by atoms with E-state index in [4.69, 9.17) is 0 Å². The summed E-state index contributed by atoms with van der Waals surface area (Å²) < 4.78 is 0. The van der Waals surface area contributed by atoms with Gasteiger partial charge >= 0.3 is 0 Å². The number of hydrogen-bond donors (Lipinski definition) is 1. The number of aryl methyl sites for hydroxylation is 1. The molecule has 14 heavy (non-hydrogen) atoms. The zero-order chi connectivity index (χ0) is 10.4. The molecule has 0 amide bonds. The summed E-state index contributed by atoms with van der Waals surface area (Å²) in [7, 11) is 0. The molecule has 1 unspecified atom stereocenters. The van der Waals surface area contributed by atoms with E-state index in [1.54, 1.807) is 0 Å². The van der Waals surface area contributed by atoms with Crippen molar-refractivity contribution in [2.75, 3.05) is 6.54 Å². The summed E-state index contributed by atoms with van der Waals surface area (Å²) in [6, 6.07) is 9.31. The Balaban J connectivity index is 2.64. The van der Waals surface area contributed by atoms with Gasteiger partial charge in [0.05, 0.1) is 0 Å². The van der Waals surface area contributed by atoms with Gasteiger partial charge in [0.15, 0.2) is 0 Å². The molecule has 0 heterocycles. The molecule has 1 aromatic rings. The number of nitrogens with one attached hydrogen (secondary N) is 1. The Hall–Kier alpha value is -0.820. The summed E-state index contributed by atoms with van der Waals surface area (Å²) in [5, 5.41) is 3.50. The van der Waals surface area contributed by atoms with Crippen LogP contribution in [0.15, 0.2) is 24.3 Å². The van der Waals surface area contributed by atoms with E-state index < -0.39 is 0 Å². The van der Waals surface area contributed by atoms with Gasteiger partial charge in [-0.1, -0.05) is 38.1 Å². The van der Waals surface area contributed by atoms with Gasteiger partial charge in [0, 0.05) is 6.04 Å². The van der Waals surface area contributed by atoms with Crippen LogP contribution in [0.4, 0.5) is 0 Å². The van der Waals surface area contributed by atoms with E-state index in [0.29, 0.717) is 6.04 Å². The zero-order valence-electron chi connectivity index (χ0n) is 9.51. The third-order valence-corrected chi connectivity index (χ3v) is 2.56. The van der Waals surface area contributed by atoms with Crippen LogP contribution < -0.4 is 5.32 Å². The largest absolute Gasteiger partial charge is 0.310 e.